The van der Waals surface area contributed by atoms with Crippen molar-refractivity contribution in [2.24, 2.45) is 5.92 Å². The Kier molecular flexibility index (Phi) is 5.71. The predicted molar refractivity (Wildman–Crippen MR) is 108 cm³/mol. The minimum absolute atomic E-state index is 0.0482. The Bertz CT molecular complexity index is 848. The molecule has 0 radical (unpaired) electrons. The molecule has 2 aliphatic carbocycles. The van der Waals surface area contributed by atoms with Gasteiger partial charge in [0.1, 0.15) is 0 Å². The summed E-state index contributed by atoms with van der Waals surface area (Å²) in [6, 6.07) is 13.2. The molecule has 0 bridgehead atoms. The van der Waals surface area contributed by atoms with Crippen LogP contribution >= 0.6 is 0 Å². The predicted octanol–water partition coefficient (Wildman–Crippen LogP) is 2.59. The van der Waals surface area contributed by atoms with Gasteiger partial charge in [0.25, 0.3) is 0 Å². The van der Waals surface area contributed by atoms with Gasteiger partial charge in [-0.05, 0) is 43.7 Å². The van der Waals surface area contributed by atoms with Gasteiger partial charge in [-0.3, -0.25) is 15.0 Å². The molecule has 0 spiro atoms. The van der Waals surface area contributed by atoms with E-state index in [0.29, 0.717) is 11.7 Å². The highest BCUT2D eigenvalue weighted by Crippen LogP contribution is 2.33. The first-order chi connectivity index (χ1) is 14.1. The van der Waals surface area contributed by atoms with E-state index in [2.05, 4.69) is 20.8 Å². The van der Waals surface area contributed by atoms with Crippen LogP contribution in [-0.2, 0) is 4.79 Å². The maximum absolute atomic E-state index is 12.2. The van der Waals surface area contributed by atoms with Crippen molar-refractivity contribution < 1.29 is 14.7 Å². The number of nitrogens with zero attached hydrogens (tertiary/aromatic N) is 3. The number of benzene rings is 1. The first-order valence-electron chi connectivity index (χ1n) is 9.99. The number of hydrogen-bond acceptors (Lipinski definition) is 5. The van der Waals surface area contributed by atoms with Gasteiger partial charge in [0.15, 0.2) is 5.82 Å². The van der Waals surface area contributed by atoms with Gasteiger partial charge in [-0.15, -0.1) is 10.2 Å². The van der Waals surface area contributed by atoms with Crippen LogP contribution in [0.15, 0.2) is 42.5 Å². The van der Waals surface area contributed by atoms with Crippen molar-refractivity contribution >= 4 is 17.8 Å². The van der Waals surface area contributed by atoms with E-state index in [1.807, 2.05) is 41.3 Å². The Hall–Kier alpha value is -3.00. The zero-order valence-electron chi connectivity index (χ0n) is 16.1. The molecule has 152 valence electrons. The van der Waals surface area contributed by atoms with Crippen molar-refractivity contribution in [2.45, 2.75) is 37.8 Å². The van der Waals surface area contributed by atoms with Crippen LogP contribution in [0.5, 0.6) is 0 Å². The van der Waals surface area contributed by atoms with Crippen molar-refractivity contribution in [3.8, 4) is 11.3 Å². The Morgan fingerprint density at radius 3 is 2.45 bits per heavy atom. The third-order valence-electron chi connectivity index (χ3n) is 5.47. The normalized spacial score (nSPS) is 20.7. The molecule has 8 nitrogen and oxygen atoms in total. The number of nitrogens with one attached hydrogen (secondary N) is 2. The lowest BCUT2D eigenvalue weighted by Gasteiger charge is -2.42. The molecule has 4 rings (SSSR count). The van der Waals surface area contributed by atoms with Crippen LogP contribution in [-0.4, -0.2) is 57.4 Å². The minimum atomic E-state index is -0.794. The van der Waals surface area contributed by atoms with Crippen LogP contribution in [0.4, 0.5) is 10.6 Å². The molecular weight excluding hydrogens is 370 g/mol. The summed E-state index contributed by atoms with van der Waals surface area (Å²) in [4.78, 5) is 25.4. The van der Waals surface area contributed by atoms with E-state index in [1.165, 1.54) is 12.8 Å². The molecule has 1 heterocycles. The van der Waals surface area contributed by atoms with Gasteiger partial charge in [0.05, 0.1) is 12.2 Å². The molecule has 0 unspecified atom stereocenters. The number of anilines is 1. The van der Waals surface area contributed by atoms with Gasteiger partial charge in [0, 0.05) is 24.2 Å². The van der Waals surface area contributed by atoms with E-state index in [0.717, 1.165) is 30.6 Å². The number of hydrogen-bond donors (Lipinski definition) is 3. The molecule has 8 heteroatoms. The number of carbonyl (C=O) groups is 2. The van der Waals surface area contributed by atoms with Crippen LogP contribution in [0.25, 0.3) is 11.3 Å². The molecule has 0 aliphatic heterocycles. The second kappa shape index (κ2) is 8.57. The maximum atomic E-state index is 12.2. The zero-order valence-corrected chi connectivity index (χ0v) is 16.1. The van der Waals surface area contributed by atoms with Gasteiger partial charge in [-0.25, -0.2) is 4.79 Å². The van der Waals surface area contributed by atoms with Crippen molar-refractivity contribution in [1.82, 2.24) is 20.4 Å². The average molecular weight is 395 g/mol. The fraction of sp³-hybridized carbons (Fsp3) is 0.429. The van der Waals surface area contributed by atoms with E-state index < -0.39 is 5.97 Å². The topological polar surface area (TPSA) is 107 Å². The second-order valence-electron chi connectivity index (χ2n) is 7.86. The van der Waals surface area contributed by atoms with Crippen LogP contribution in [0.1, 0.15) is 25.7 Å². The fourth-order valence-electron chi connectivity index (χ4n) is 3.65. The van der Waals surface area contributed by atoms with Gasteiger partial charge in [0.2, 0.25) is 0 Å². The quantitative estimate of drug-likeness (QED) is 0.634. The smallest absolute Gasteiger partial charge is 0.320 e. The lowest BCUT2D eigenvalue weighted by molar-refractivity contribution is -0.139. The molecule has 2 aromatic rings. The first kappa shape index (κ1) is 19.3. The number of carbonyl (C=O) groups excluding carboxylic acids is 1. The van der Waals surface area contributed by atoms with Crippen LogP contribution in [0, 0.1) is 5.92 Å². The average Bonchev–Trinajstić information content (AvgIpc) is 3.49. The Morgan fingerprint density at radius 1 is 1.07 bits per heavy atom. The number of rotatable bonds is 8. The van der Waals surface area contributed by atoms with E-state index in [9.17, 15) is 9.59 Å². The summed E-state index contributed by atoms with van der Waals surface area (Å²) in [6.07, 6.45) is 3.92. The third-order valence-corrected chi connectivity index (χ3v) is 5.47. The number of aromatic nitrogens is 2. The Balaban J connectivity index is 1.24. The summed E-state index contributed by atoms with van der Waals surface area (Å²) >= 11 is 0. The van der Waals surface area contributed by atoms with Crippen LogP contribution < -0.4 is 10.6 Å². The SMILES string of the molecule is O=C(O)CN(CC1CC1)C1CC(NC(=O)Nc2ccc(-c3ccccc3)nn2)C1. The molecule has 0 saturated heterocycles. The van der Waals surface area contributed by atoms with E-state index >= 15 is 0 Å². The van der Waals surface area contributed by atoms with Crippen molar-refractivity contribution in [2.75, 3.05) is 18.4 Å². The summed E-state index contributed by atoms with van der Waals surface area (Å²) in [6.45, 7) is 0.919. The molecule has 2 amide bonds. The van der Waals surface area contributed by atoms with Crippen LogP contribution in [0.2, 0.25) is 0 Å². The molecule has 0 atom stereocenters. The largest absolute Gasteiger partial charge is 0.480 e. The minimum Gasteiger partial charge on any atom is -0.480 e. The van der Waals surface area contributed by atoms with Crippen LogP contribution in [0.3, 0.4) is 0 Å². The zero-order chi connectivity index (χ0) is 20.2. The molecular formula is C21H25N5O3. The van der Waals surface area contributed by atoms with Crippen molar-refractivity contribution in [1.29, 1.82) is 0 Å². The van der Waals surface area contributed by atoms with Gasteiger partial charge in [-0.2, -0.15) is 0 Å². The fourth-order valence-corrected chi connectivity index (χ4v) is 3.65. The summed E-state index contributed by atoms with van der Waals surface area (Å²) in [5.41, 5.74) is 1.71. The number of urea groups is 1. The highest BCUT2D eigenvalue weighted by molar-refractivity contribution is 5.88. The summed E-state index contributed by atoms with van der Waals surface area (Å²) in [7, 11) is 0. The summed E-state index contributed by atoms with van der Waals surface area (Å²) in [5.74, 6) is 0.235. The first-order valence-corrected chi connectivity index (χ1v) is 9.99. The highest BCUT2D eigenvalue weighted by Gasteiger charge is 2.37. The van der Waals surface area contributed by atoms with Crippen molar-refractivity contribution in [3.05, 3.63) is 42.5 Å². The molecule has 2 fully saturated rings. The number of carboxylic acids is 1. The molecule has 3 N–H and O–H groups in total. The van der Waals surface area contributed by atoms with E-state index in [1.54, 1.807) is 6.07 Å². The number of amides is 2. The lowest BCUT2D eigenvalue weighted by atomic mass is 9.85. The van der Waals surface area contributed by atoms with E-state index in [-0.39, 0.29) is 24.7 Å². The van der Waals surface area contributed by atoms with Gasteiger partial charge < -0.3 is 10.4 Å². The number of carboxylic acid groups (broad SMARTS) is 1. The standard InChI is InChI=1S/C21H25N5O3/c27-20(28)13-26(12-14-6-7-14)17-10-16(11-17)22-21(29)23-19-9-8-18(24-25-19)15-4-2-1-3-5-15/h1-5,8-9,14,16-17H,6-7,10-13H2,(H,27,28)(H2,22,23,25,29). The molecule has 1 aromatic carbocycles. The molecule has 2 aliphatic rings. The monoisotopic (exact) mass is 395 g/mol. The molecule has 2 saturated carbocycles. The highest BCUT2D eigenvalue weighted by atomic mass is 16.4. The summed E-state index contributed by atoms with van der Waals surface area (Å²) in [5, 5.41) is 23.0. The van der Waals surface area contributed by atoms with E-state index in [4.69, 9.17) is 5.11 Å². The molecule has 29 heavy (non-hydrogen) atoms. The molecule has 1 aromatic heterocycles. The third kappa shape index (κ3) is 5.29. The summed E-state index contributed by atoms with van der Waals surface area (Å²) < 4.78 is 0. The van der Waals surface area contributed by atoms with Crippen molar-refractivity contribution in [3.63, 3.8) is 0 Å². The number of aliphatic carboxylic acids is 1. The van der Waals surface area contributed by atoms with Gasteiger partial charge >= 0.3 is 12.0 Å². The lowest BCUT2D eigenvalue weighted by Crippen LogP contribution is -2.55. The second-order valence-corrected chi connectivity index (χ2v) is 7.86. The Morgan fingerprint density at radius 2 is 1.83 bits per heavy atom. The Labute approximate surface area is 169 Å². The maximum Gasteiger partial charge on any atom is 0.320 e. The van der Waals surface area contributed by atoms with Gasteiger partial charge in [-0.1, -0.05) is 30.3 Å².